The Morgan fingerprint density at radius 2 is 2.05 bits per heavy atom. The van der Waals surface area contributed by atoms with Crippen LogP contribution in [0.2, 0.25) is 0 Å². The van der Waals surface area contributed by atoms with E-state index in [9.17, 15) is 4.39 Å². The molecular weight excluding hydrogens is 247 g/mol. The zero-order chi connectivity index (χ0) is 13.8. The second-order valence-corrected chi connectivity index (χ2v) is 3.97. The second kappa shape index (κ2) is 5.49. The largest absolute Gasteiger partial charge is 0.454 e. The van der Waals surface area contributed by atoms with Gasteiger partial charge in [0.25, 0.3) is 0 Å². The molecule has 2 aromatic rings. The molecule has 4 nitrogen and oxygen atoms in total. The molecule has 2 rings (SSSR count). The molecule has 0 aromatic heterocycles. The van der Waals surface area contributed by atoms with E-state index < -0.39 is 5.82 Å². The summed E-state index contributed by atoms with van der Waals surface area (Å²) < 4.78 is 19.1. The van der Waals surface area contributed by atoms with Crippen molar-refractivity contribution in [1.29, 1.82) is 5.41 Å². The molecule has 0 aliphatic carbocycles. The van der Waals surface area contributed by atoms with Gasteiger partial charge in [-0.2, -0.15) is 0 Å². The van der Waals surface area contributed by atoms with Gasteiger partial charge in [-0.15, -0.1) is 0 Å². The maximum Gasteiger partial charge on any atom is 0.166 e. The highest BCUT2D eigenvalue weighted by molar-refractivity contribution is 5.95. The number of aliphatic hydroxyl groups is 1. The average Bonchev–Trinajstić information content (AvgIpc) is 2.41. The normalized spacial score (nSPS) is 10.2. The summed E-state index contributed by atoms with van der Waals surface area (Å²) in [6.07, 6.45) is 0. The predicted molar refractivity (Wildman–Crippen MR) is 69.9 cm³/mol. The Balaban J connectivity index is 2.25. The molecule has 4 N–H and O–H groups in total. The predicted octanol–water partition coefficient (Wildman–Crippen LogP) is 2.39. The van der Waals surface area contributed by atoms with Gasteiger partial charge in [0.2, 0.25) is 0 Å². The van der Waals surface area contributed by atoms with Gasteiger partial charge in [0.05, 0.1) is 6.61 Å². The first-order chi connectivity index (χ1) is 9.10. The number of benzene rings is 2. The summed E-state index contributed by atoms with van der Waals surface area (Å²) in [5, 5.41) is 16.2. The third-order valence-corrected chi connectivity index (χ3v) is 2.55. The van der Waals surface area contributed by atoms with Crippen molar-refractivity contribution in [3.63, 3.8) is 0 Å². The Bertz CT molecular complexity index is 614. The molecule has 0 atom stereocenters. The van der Waals surface area contributed by atoms with Crippen LogP contribution >= 0.6 is 0 Å². The lowest BCUT2D eigenvalue weighted by atomic mass is 10.2. The van der Waals surface area contributed by atoms with Gasteiger partial charge in [0.15, 0.2) is 11.6 Å². The number of hydrogen-bond acceptors (Lipinski definition) is 3. The fourth-order valence-corrected chi connectivity index (χ4v) is 1.59. The lowest BCUT2D eigenvalue weighted by Crippen LogP contribution is -2.11. The summed E-state index contributed by atoms with van der Waals surface area (Å²) in [7, 11) is 0. The number of halogens is 1. The van der Waals surface area contributed by atoms with Crippen molar-refractivity contribution in [2.75, 3.05) is 0 Å². The number of hydrogen-bond donors (Lipinski definition) is 3. The third-order valence-electron chi connectivity index (χ3n) is 2.55. The molecule has 0 saturated heterocycles. The van der Waals surface area contributed by atoms with E-state index in [1.54, 1.807) is 24.3 Å². The van der Waals surface area contributed by atoms with Crippen LogP contribution in [-0.2, 0) is 6.61 Å². The number of rotatable bonds is 4. The Morgan fingerprint density at radius 3 is 2.68 bits per heavy atom. The van der Waals surface area contributed by atoms with Gasteiger partial charge in [0.1, 0.15) is 11.6 Å². The van der Waals surface area contributed by atoms with Crippen molar-refractivity contribution >= 4 is 5.84 Å². The van der Waals surface area contributed by atoms with E-state index in [0.717, 1.165) is 6.07 Å². The van der Waals surface area contributed by atoms with Gasteiger partial charge in [-0.1, -0.05) is 12.1 Å². The van der Waals surface area contributed by atoms with Crippen LogP contribution in [0.3, 0.4) is 0 Å². The summed E-state index contributed by atoms with van der Waals surface area (Å²) >= 11 is 0. The van der Waals surface area contributed by atoms with Crippen LogP contribution in [0.15, 0.2) is 42.5 Å². The molecular formula is C14H13FN2O2. The molecule has 98 valence electrons. The van der Waals surface area contributed by atoms with E-state index in [-0.39, 0.29) is 18.2 Å². The molecule has 0 heterocycles. The van der Waals surface area contributed by atoms with Gasteiger partial charge in [-0.3, -0.25) is 5.41 Å². The van der Waals surface area contributed by atoms with E-state index >= 15 is 0 Å². The number of nitrogen functional groups attached to an aromatic ring is 1. The number of ether oxygens (including phenoxy) is 1. The molecule has 0 aliphatic rings. The highest BCUT2D eigenvalue weighted by atomic mass is 19.1. The van der Waals surface area contributed by atoms with Crippen LogP contribution in [0.25, 0.3) is 0 Å². The SMILES string of the molecule is N=C(N)c1ccc(Oc2cccc(CO)c2)c(F)c1. The van der Waals surface area contributed by atoms with Gasteiger partial charge in [0, 0.05) is 5.56 Å². The highest BCUT2D eigenvalue weighted by Gasteiger charge is 2.07. The summed E-state index contributed by atoms with van der Waals surface area (Å²) in [5.74, 6) is -0.323. The first kappa shape index (κ1) is 13.0. The minimum atomic E-state index is -0.595. The van der Waals surface area contributed by atoms with Crippen LogP contribution in [0.4, 0.5) is 4.39 Å². The quantitative estimate of drug-likeness (QED) is 0.583. The number of aliphatic hydroxyl groups excluding tert-OH is 1. The van der Waals surface area contributed by atoms with Crippen LogP contribution in [0.1, 0.15) is 11.1 Å². The van der Waals surface area contributed by atoms with Crippen LogP contribution in [0, 0.1) is 11.2 Å². The van der Waals surface area contributed by atoms with Crippen molar-refractivity contribution in [1.82, 2.24) is 0 Å². The molecule has 0 fully saturated rings. The molecule has 0 bridgehead atoms. The van der Waals surface area contributed by atoms with Gasteiger partial charge < -0.3 is 15.6 Å². The standard InChI is InChI=1S/C14H13FN2O2/c15-12-7-10(14(16)17)4-5-13(12)19-11-3-1-2-9(6-11)8-18/h1-7,18H,8H2,(H3,16,17). The van der Waals surface area contributed by atoms with Crippen molar-refractivity contribution in [3.05, 3.63) is 59.4 Å². The molecule has 0 radical (unpaired) electrons. The number of amidine groups is 1. The van der Waals surface area contributed by atoms with Crippen molar-refractivity contribution in [2.24, 2.45) is 5.73 Å². The molecule has 0 amide bonds. The maximum atomic E-state index is 13.8. The lowest BCUT2D eigenvalue weighted by Gasteiger charge is -2.08. The van der Waals surface area contributed by atoms with Crippen molar-refractivity contribution < 1.29 is 14.2 Å². The topological polar surface area (TPSA) is 79.3 Å². The van der Waals surface area contributed by atoms with E-state index in [4.69, 9.17) is 21.0 Å². The Morgan fingerprint density at radius 1 is 1.26 bits per heavy atom. The molecule has 2 aromatic carbocycles. The summed E-state index contributed by atoms with van der Waals surface area (Å²) in [6.45, 7) is -0.108. The van der Waals surface area contributed by atoms with Gasteiger partial charge >= 0.3 is 0 Å². The highest BCUT2D eigenvalue weighted by Crippen LogP contribution is 2.25. The number of nitrogens with one attached hydrogen (secondary N) is 1. The fourth-order valence-electron chi connectivity index (χ4n) is 1.59. The second-order valence-electron chi connectivity index (χ2n) is 3.97. The molecule has 0 saturated carbocycles. The first-order valence-electron chi connectivity index (χ1n) is 5.62. The minimum Gasteiger partial charge on any atom is -0.454 e. The van der Waals surface area contributed by atoms with E-state index in [0.29, 0.717) is 16.9 Å². The van der Waals surface area contributed by atoms with E-state index in [2.05, 4.69) is 0 Å². The van der Waals surface area contributed by atoms with E-state index in [1.165, 1.54) is 12.1 Å². The Labute approximate surface area is 109 Å². The molecule has 0 aliphatic heterocycles. The zero-order valence-corrected chi connectivity index (χ0v) is 10.1. The summed E-state index contributed by atoms with van der Waals surface area (Å²) in [5.41, 5.74) is 6.25. The smallest absolute Gasteiger partial charge is 0.166 e. The summed E-state index contributed by atoms with van der Waals surface area (Å²) in [4.78, 5) is 0. The molecule has 0 spiro atoms. The zero-order valence-electron chi connectivity index (χ0n) is 10.1. The van der Waals surface area contributed by atoms with Crippen LogP contribution in [-0.4, -0.2) is 10.9 Å². The molecule has 5 heteroatoms. The average molecular weight is 260 g/mol. The number of nitrogens with two attached hydrogens (primary N) is 1. The Kier molecular flexibility index (Phi) is 3.77. The minimum absolute atomic E-state index is 0.0417. The van der Waals surface area contributed by atoms with Crippen LogP contribution < -0.4 is 10.5 Å². The fraction of sp³-hybridized carbons (Fsp3) is 0.0714. The molecule has 19 heavy (non-hydrogen) atoms. The van der Waals surface area contributed by atoms with Gasteiger partial charge in [-0.05, 0) is 35.9 Å². The van der Waals surface area contributed by atoms with Crippen LogP contribution in [0.5, 0.6) is 11.5 Å². The first-order valence-corrected chi connectivity index (χ1v) is 5.62. The monoisotopic (exact) mass is 260 g/mol. The van der Waals surface area contributed by atoms with E-state index in [1.807, 2.05) is 0 Å². The lowest BCUT2D eigenvalue weighted by molar-refractivity contribution is 0.281. The third kappa shape index (κ3) is 3.08. The Hall–Kier alpha value is -2.40. The van der Waals surface area contributed by atoms with Crippen molar-refractivity contribution in [2.45, 2.75) is 6.61 Å². The van der Waals surface area contributed by atoms with Crippen molar-refractivity contribution in [3.8, 4) is 11.5 Å². The summed E-state index contributed by atoms with van der Waals surface area (Å²) in [6, 6.07) is 10.8. The molecule has 0 unspecified atom stereocenters. The maximum absolute atomic E-state index is 13.8. The van der Waals surface area contributed by atoms with Gasteiger partial charge in [-0.25, -0.2) is 4.39 Å².